The summed E-state index contributed by atoms with van der Waals surface area (Å²) in [5, 5.41) is 0. The lowest BCUT2D eigenvalue weighted by Gasteiger charge is -2.14. The maximum atomic E-state index is 13.5. The molecule has 0 amide bonds. The first-order valence-electron chi connectivity index (χ1n) is 14.9. The molecule has 0 saturated heterocycles. The zero-order chi connectivity index (χ0) is 36.1. The number of aryl methyl sites for hydroxylation is 2. The Morgan fingerprint density at radius 3 is 1.26 bits per heavy atom. The molecule has 0 aliphatic rings. The molecule has 0 spiro atoms. The summed E-state index contributed by atoms with van der Waals surface area (Å²) in [5.41, 5.74) is 1.24. The molecule has 5 aromatic rings. The van der Waals surface area contributed by atoms with Crippen LogP contribution in [0, 0.1) is 13.8 Å². The summed E-state index contributed by atoms with van der Waals surface area (Å²) in [6, 6.07) is 23.7. The Hall–Kier alpha value is -5.86. The first-order chi connectivity index (χ1) is 23.8. The van der Waals surface area contributed by atoms with E-state index in [4.69, 9.17) is 18.0 Å². The average molecular weight is 717 g/mol. The van der Waals surface area contributed by atoms with Crippen LogP contribution in [0.3, 0.4) is 0 Å². The fraction of sp³-hybridized carbons (Fsp3) is 0.111. The monoisotopic (exact) mass is 716 g/mol. The summed E-state index contributed by atoms with van der Waals surface area (Å²) in [6.07, 6.45) is 6.30. The molecule has 0 aliphatic carbocycles. The van der Waals surface area contributed by atoms with Gasteiger partial charge in [-0.25, -0.2) is 0 Å². The Kier molecular flexibility index (Phi) is 10.4. The summed E-state index contributed by atoms with van der Waals surface area (Å²) in [7, 11) is -6.48. The summed E-state index contributed by atoms with van der Waals surface area (Å²) in [5.74, 6) is 1.29. The Morgan fingerprint density at radius 1 is 0.520 bits per heavy atom. The van der Waals surface area contributed by atoms with Gasteiger partial charge in [0.25, 0.3) is 11.1 Å². The van der Waals surface area contributed by atoms with E-state index >= 15 is 0 Å². The van der Waals surface area contributed by atoms with E-state index in [9.17, 15) is 26.4 Å². The molecule has 0 fully saturated rings. The minimum absolute atomic E-state index is 0.107. The molecule has 258 valence electrons. The number of methoxy groups -OCH3 is 2. The van der Waals surface area contributed by atoms with Gasteiger partial charge in [-0.3, -0.25) is 18.2 Å². The molecule has 2 heterocycles. The van der Waals surface area contributed by atoms with Crippen molar-refractivity contribution in [3.05, 3.63) is 151 Å². The van der Waals surface area contributed by atoms with Crippen LogP contribution in [0.2, 0.25) is 0 Å². The fourth-order valence-electron chi connectivity index (χ4n) is 4.68. The highest BCUT2D eigenvalue weighted by Gasteiger charge is 2.25. The van der Waals surface area contributed by atoms with Crippen molar-refractivity contribution in [1.29, 1.82) is 0 Å². The highest BCUT2D eigenvalue weighted by molar-refractivity contribution is 7.87. The number of hydrogen-bond acceptors (Lipinski definition) is 10. The molecular formula is C36H32N2O10S2. The van der Waals surface area contributed by atoms with Crippen molar-refractivity contribution in [2.45, 2.75) is 23.6 Å². The molecule has 2 aromatic heterocycles. The largest absolute Gasteiger partial charge is 0.497 e. The molecule has 3 aromatic carbocycles. The van der Waals surface area contributed by atoms with E-state index in [1.165, 1.54) is 38.5 Å². The van der Waals surface area contributed by atoms with Crippen LogP contribution in [-0.2, 0) is 20.2 Å². The van der Waals surface area contributed by atoms with Crippen LogP contribution in [-0.4, -0.2) is 40.5 Å². The van der Waals surface area contributed by atoms with Crippen LogP contribution in [0.5, 0.6) is 11.5 Å². The van der Waals surface area contributed by atoms with E-state index in [0.29, 0.717) is 32.1 Å². The lowest BCUT2D eigenvalue weighted by Crippen LogP contribution is -2.33. The molecule has 50 heavy (non-hydrogen) atoms. The number of nitrogens with zero attached hydrogens (tertiary/aromatic N) is 2. The van der Waals surface area contributed by atoms with Crippen molar-refractivity contribution in [2.75, 3.05) is 14.2 Å². The topological polar surface area (TPSA) is 149 Å². The Balaban J connectivity index is 1.44. The molecule has 14 heteroatoms. The Morgan fingerprint density at radius 2 is 0.900 bits per heavy atom. The molecule has 0 unspecified atom stereocenters. The van der Waals surface area contributed by atoms with Gasteiger partial charge in [0.05, 0.1) is 25.6 Å². The molecule has 0 saturated carbocycles. The van der Waals surface area contributed by atoms with Gasteiger partial charge in [-0.05, 0) is 103 Å². The quantitative estimate of drug-likeness (QED) is 0.179. The summed E-state index contributed by atoms with van der Waals surface area (Å²) in [4.78, 5) is 24.7. The highest BCUT2D eigenvalue weighted by Crippen LogP contribution is 2.20. The van der Waals surface area contributed by atoms with Crippen LogP contribution < -0.4 is 29.2 Å². The van der Waals surface area contributed by atoms with Crippen molar-refractivity contribution in [2.24, 2.45) is 0 Å². The van der Waals surface area contributed by atoms with Gasteiger partial charge in [0.2, 0.25) is 0 Å². The fourth-order valence-corrected chi connectivity index (χ4v) is 6.67. The molecule has 0 aliphatic heterocycles. The summed E-state index contributed by atoms with van der Waals surface area (Å²) < 4.78 is 75.8. The second-order valence-electron chi connectivity index (χ2n) is 10.9. The SMILES string of the molecule is COc1ccc(C=Cc2cc(C)cc(=O)n2OS(=O)(=O)c2cccc(S(=O)(=O)On3c(C=Cc4ccc(OC)cc4)cc(C)cc3=O)c2)cc1. The van der Waals surface area contributed by atoms with Crippen molar-refractivity contribution in [1.82, 2.24) is 9.46 Å². The third kappa shape index (κ3) is 8.40. The number of aromatic nitrogens is 2. The molecular weight excluding hydrogens is 685 g/mol. The van der Waals surface area contributed by atoms with E-state index < -0.39 is 41.1 Å². The highest BCUT2D eigenvalue weighted by atomic mass is 32.2. The number of ether oxygens (including phenoxy) is 2. The summed E-state index contributed by atoms with van der Waals surface area (Å²) in [6.45, 7) is 3.33. The van der Waals surface area contributed by atoms with Gasteiger partial charge in [-0.2, -0.15) is 16.8 Å². The predicted octanol–water partition coefficient (Wildman–Crippen LogP) is 4.62. The van der Waals surface area contributed by atoms with E-state index in [2.05, 4.69) is 0 Å². The van der Waals surface area contributed by atoms with Crippen LogP contribution in [0.25, 0.3) is 24.3 Å². The Labute approximate surface area is 288 Å². The third-order valence-corrected chi connectivity index (χ3v) is 9.53. The van der Waals surface area contributed by atoms with Crippen LogP contribution >= 0.6 is 0 Å². The van der Waals surface area contributed by atoms with E-state index in [1.54, 1.807) is 86.7 Å². The first-order valence-corrected chi connectivity index (χ1v) is 17.7. The molecule has 0 radical (unpaired) electrons. The molecule has 5 rings (SSSR count). The normalized spacial score (nSPS) is 11.9. The number of rotatable bonds is 12. The lowest BCUT2D eigenvalue weighted by molar-refractivity contribution is 0.263. The number of pyridine rings is 2. The standard InChI is InChI=1S/C36H32N2O10S2/c1-25-20-29(14-8-27-10-16-31(45-3)17-11-27)37(35(39)22-25)47-49(41,42)33-6-5-7-34(24-33)50(43,44)48-38-30(21-26(2)23-36(38)40)15-9-28-12-18-32(46-4)19-13-28/h5-24H,1-4H3. The second-order valence-corrected chi connectivity index (χ2v) is 14.0. The van der Waals surface area contributed by atoms with Crippen LogP contribution in [0.1, 0.15) is 33.6 Å². The lowest BCUT2D eigenvalue weighted by atomic mass is 10.1. The number of benzene rings is 3. The van der Waals surface area contributed by atoms with E-state index in [-0.39, 0.29) is 11.4 Å². The average Bonchev–Trinajstić information content (AvgIpc) is 3.09. The zero-order valence-electron chi connectivity index (χ0n) is 27.3. The van der Waals surface area contributed by atoms with Gasteiger partial charge in [-0.15, -0.1) is 9.46 Å². The van der Waals surface area contributed by atoms with Crippen LogP contribution in [0.4, 0.5) is 0 Å². The van der Waals surface area contributed by atoms with Crippen molar-refractivity contribution >= 4 is 44.5 Å². The van der Waals surface area contributed by atoms with Gasteiger partial charge in [0, 0.05) is 12.1 Å². The van der Waals surface area contributed by atoms with Gasteiger partial charge in [0.15, 0.2) is 0 Å². The van der Waals surface area contributed by atoms with Crippen molar-refractivity contribution < 1.29 is 34.9 Å². The molecule has 0 bridgehead atoms. The van der Waals surface area contributed by atoms with E-state index in [1.807, 2.05) is 0 Å². The number of hydrogen-bond donors (Lipinski definition) is 0. The molecule has 0 atom stereocenters. The third-order valence-electron chi connectivity index (χ3n) is 7.18. The minimum atomic E-state index is -4.78. The smallest absolute Gasteiger partial charge is 0.357 e. The maximum absolute atomic E-state index is 13.5. The maximum Gasteiger partial charge on any atom is 0.357 e. The molecule has 0 N–H and O–H groups in total. The second kappa shape index (κ2) is 14.7. The van der Waals surface area contributed by atoms with Crippen molar-refractivity contribution in [3.8, 4) is 11.5 Å². The van der Waals surface area contributed by atoms with Gasteiger partial charge < -0.3 is 9.47 Å². The van der Waals surface area contributed by atoms with Crippen molar-refractivity contribution in [3.63, 3.8) is 0 Å². The van der Waals surface area contributed by atoms with Gasteiger partial charge in [-0.1, -0.05) is 42.5 Å². The van der Waals surface area contributed by atoms with Crippen LogP contribution in [0.15, 0.2) is 116 Å². The van der Waals surface area contributed by atoms with E-state index in [0.717, 1.165) is 35.4 Å². The predicted molar refractivity (Wildman–Crippen MR) is 189 cm³/mol. The van der Waals surface area contributed by atoms with Gasteiger partial charge in [0.1, 0.15) is 21.3 Å². The molecule has 12 nitrogen and oxygen atoms in total. The summed E-state index contributed by atoms with van der Waals surface area (Å²) >= 11 is 0. The Bertz CT molecular complexity index is 2260. The van der Waals surface area contributed by atoms with Gasteiger partial charge >= 0.3 is 20.2 Å². The minimum Gasteiger partial charge on any atom is -0.497 e. The zero-order valence-corrected chi connectivity index (χ0v) is 29.0. The first kappa shape index (κ1) is 35.4.